The zero-order valence-corrected chi connectivity index (χ0v) is 13.1. The van der Waals surface area contributed by atoms with Crippen molar-refractivity contribution in [3.63, 3.8) is 0 Å². The summed E-state index contributed by atoms with van der Waals surface area (Å²) in [7, 11) is 0. The molecule has 2 heterocycles. The molecule has 3 nitrogen and oxygen atoms in total. The van der Waals surface area contributed by atoms with Gasteiger partial charge in [-0.15, -0.1) is 11.6 Å². The van der Waals surface area contributed by atoms with E-state index in [4.69, 9.17) is 11.6 Å². The van der Waals surface area contributed by atoms with Crippen molar-refractivity contribution >= 4 is 34.5 Å². The Hall–Kier alpha value is -0.740. The average Bonchev–Trinajstić information content (AvgIpc) is 2.73. The van der Waals surface area contributed by atoms with Crippen LogP contribution in [0.3, 0.4) is 0 Å². The third-order valence-electron chi connectivity index (χ3n) is 3.11. The molecule has 0 aliphatic heterocycles. The normalized spacial score (nSPS) is 11.3. The van der Waals surface area contributed by atoms with Crippen molar-refractivity contribution < 1.29 is 0 Å². The van der Waals surface area contributed by atoms with E-state index in [0.717, 1.165) is 42.1 Å². The van der Waals surface area contributed by atoms with Gasteiger partial charge in [0, 0.05) is 24.5 Å². The van der Waals surface area contributed by atoms with Gasteiger partial charge < -0.3 is 4.57 Å². The standard InChI is InChI=1S/C14H20ClN3S/c1-11-5-6-12-14(16-11)18(9-3-4-10-19-2)13(17-12)7-8-15/h5-6H,3-4,7-10H2,1-2H3. The van der Waals surface area contributed by atoms with Crippen LogP contribution < -0.4 is 0 Å². The van der Waals surface area contributed by atoms with Crippen LogP contribution in [-0.4, -0.2) is 32.4 Å². The lowest BCUT2D eigenvalue weighted by molar-refractivity contribution is 0.619. The zero-order chi connectivity index (χ0) is 13.7. The minimum Gasteiger partial charge on any atom is -0.313 e. The van der Waals surface area contributed by atoms with Crippen LogP contribution in [-0.2, 0) is 13.0 Å². The SMILES string of the molecule is CSCCCCn1c(CCCl)nc2ccc(C)nc21. The van der Waals surface area contributed by atoms with E-state index in [1.54, 1.807) is 0 Å². The molecule has 0 spiro atoms. The number of aryl methyl sites for hydroxylation is 3. The van der Waals surface area contributed by atoms with Crippen LogP contribution >= 0.6 is 23.4 Å². The van der Waals surface area contributed by atoms with Gasteiger partial charge in [0.1, 0.15) is 11.3 Å². The van der Waals surface area contributed by atoms with Crippen LogP contribution in [0.4, 0.5) is 0 Å². The molecule has 0 fully saturated rings. The summed E-state index contributed by atoms with van der Waals surface area (Å²) in [5.74, 6) is 2.88. The first kappa shape index (κ1) is 14.7. The van der Waals surface area contributed by atoms with E-state index < -0.39 is 0 Å². The molecule has 0 aliphatic rings. The first-order valence-electron chi connectivity index (χ1n) is 6.64. The third-order valence-corrected chi connectivity index (χ3v) is 3.99. The number of aromatic nitrogens is 3. The molecule has 0 aromatic carbocycles. The number of hydrogen-bond acceptors (Lipinski definition) is 3. The molecule has 19 heavy (non-hydrogen) atoms. The van der Waals surface area contributed by atoms with Gasteiger partial charge in [0.05, 0.1) is 0 Å². The highest BCUT2D eigenvalue weighted by Gasteiger charge is 2.11. The Morgan fingerprint density at radius 3 is 2.84 bits per heavy atom. The van der Waals surface area contributed by atoms with Crippen molar-refractivity contribution in [2.24, 2.45) is 0 Å². The van der Waals surface area contributed by atoms with Gasteiger partial charge >= 0.3 is 0 Å². The molecule has 2 aromatic rings. The number of unbranched alkanes of at least 4 members (excludes halogenated alkanes) is 1. The number of pyridine rings is 1. The Morgan fingerprint density at radius 1 is 1.26 bits per heavy atom. The van der Waals surface area contributed by atoms with Crippen molar-refractivity contribution in [2.45, 2.75) is 32.7 Å². The topological polar surface area (TPSA) is 30.7 Å². The summed E-state index contributed by atoms with van der Waals surface area (Å²) >= 11 is 7.77. The van der Waals surface area contributed by atoms with E-state index in [0.29, 0.717) is 5.88 Å². The number of thioether (sulfide) groups is 1. The summed E-state index contributed by atoms with van der Waals surface area (Å²) in [6, 6.07) is 4.06. The van der Waals surface area contributed by atoms with Gasteiger partial charge in [-0.05, 0) is 43.9 Å². The van der Waals surface area contributed by atoms with E-state index in [2.05, 4.69) is 20.8 Å². The second kappa shape index (κ2) is 7.15. The number of halogens is 1. The highest BCUT2D eigenvalue weighted by Crippen LogP contribution is 2.17. The summed E-state index contributed by atoms with van der Waals surface area (Å²) in [5, 5.41) is 0. The van der Waals surface area contributed by atoms with Crippen LogP contribution in [0.15, 0.2) is 12.1 Å². The summed E-state index contributed by atoms with van der Waals surface area (Å²) < 4.78 is 2.24. The molecule has 0 atom stereocenters. The first-order chi connectivity index (χ1) is 9.26. The van der Waals surface area contributed by atoms with Crippen molar-refractivity contribution in [1.29, 1.82) is 0 Å². The van der Waals surface area contributed by atoms with Gasteiger partial charge in [0.25, 0.3) is 0 Å². The lowest BCUT2D eigenvalue weighted by Crippen LogP contribution is -2.06. The maximum atomic E-state index is 5.87. The van der Waals surface area contributed by atoms with Crippen LogP contribution in [0.25, 0.3) is 11.2 Å². The Balaban J connectivity index is 2.25. The maximum absolute atomic E-state index is 5.87. The van der Waals surface area contributed by atoms with E-state index in [1.807, 2.05) is 30.8 Å². The van der Waals surface area contributed by atoms with Crippen molar-refractivity contribution in [3.8, 4) is 0 Å². The van der Waals surface area contributed by atoms with Gasteiger partial charge in [-0.25, -0.2) is 9.97 Å². The molecule has 2 rings (SSSR count). The zero-order valence-electron chi connectivity index (χ0n) is 11.5. The summed E-state index contributed by atoms with van der Waals surface area (Å²) in [4.78, 5) is 9.28. The van der Waals surface area contributed by atoms with Crippen LogP contribution in [0.2, 0.25) is 0 Å². The molecule has 2 aromatic heterocycles. The predicted molar refractivity (Wildman–Crippen MR) is 84.3 cm³/mol. The molecule has 0 N–H and O–H groups in total. The third kappa shape index (κ3) is 3.63. The molecule has 0 saturated carbocycles. The van der Waals surface area contributed by atoms with Gasteiger partial charge in [-0.2, -0.15) is 11.8 Å². The molecule has 0 radical (unpaired) electrons. The second-order valence-electron chi connectivity index (χ2n) is 4.61. The molecule has 0 amide bonds. The fourth-order valence-corrected chi connectivity index (χ4v) is 2.83. The average molecular weight is 298 g/mol. The first-order valence-corrected chi connectivity index (χ1v) is 8.56. The van der Waals surface area contributed by atoms with Crippen molar-refractivity contribution in [3.05, 3.63) is 23.7 Å². The van der Waals surface area contributed by atoms with Gasteiger partial charge in [0.15, 0.2) is 5.65 Å². The molecule has 0 aliphatic carbocycles. The summed E-state index contributed by atoms with van der Waals surface area (Å²) in [5.41, 5.74) is 3.02. The van der Waals surface area contributed by atoms with Gasteiger partial charge in [-0.1, -0.05) is 0 Å². The predicted octanol–water partition coefficient (Wildman–Crippen LogP) is 3.66. The largest absolute Gasteiger partial charge is 0.313 e. The molecule has 104 valence electrons. The molecular formula is C14H20ClN3S. The Bertz CT molecular complexity index is 539. The molecule has 0 unspecified atom stereocenters. The fraction of sp³-hybridized carbons (Fsp3) is 0.571. The number of alkyl halides is 1. The monoisotopic (exact) mass is 297 g/mol. The van der Waals surface area contributed by atoms with Crippen molar-refractivity contribution in [1.82, 2.24) is 14.5 Å². The molecule has 0 bridgehead atoms. The summed E-state index contributed by atoms with van der Waals surface area (Å²) in [6.45, 7) is 3.01. The van der Waals surface area contributed by atoms with E-state index >= 15 is 0 Å². The Kier molecular flexibility index (Phi) is 5.52. The molecule has 0 saturated heterocycles. The van der Waals surface area contributed by atoms with Crippen LogP contribution in [0, 0.1) is 6.92 Å². The maximum Gasteiger partial charge on any atom is 0.160 e. The number of nitrogens with zero attached hydrogens (tertiary/aromatic N) is 3. The number of fused-ring (bicyclic) bond motifs is 1. The van der Waals surface area contributed by atoms with Crippen LogP contribution in [0.1, 0.15) is 24.4 Å². The molecule has 5 heteroatoms. The van der Waals surface area contributed by atoms with Gasteiger partial charge in [0.2, 0.25) is 0 Å². The van der Waals surface area contributed by atoms with Gasteiger partial charge in [-0.3, -0.25) is 0 Å². The number of rotatable bonds is 7. The Morgan fingerprint density at radius 2 is 2.11 bits per heavy atom. The quantitative estimate of drug-likeness (QED) is 0.577. The lowest BCUT2D eigenvalue weighted by atomic mass is 10.3. The van der Waals surface area contributed by atoms with Crippen LogP contribution in [0.5, 0.6) is 0 Å². The summed E-state index contributed by atoms with van der Waals surface area (Å²) in [6.07, 6.45) is 5.35. The highest BCUT2D eigenvalue weighted by molar-refractivity contribution is 7.98. The smallest absolute Gasteiger partial charge is 0.160 e. The fourth-order valence-electron chi connectivity index (χ4n) is 2.17. The highest BCUT2D eigenvalue weighted by atomic mass is 35.5. The van der Waals surface area contributed by atoms with Crippen molar-refractivity contribution in [2.75, 3.05) is 17.9 Å². The lowest BCUT2D eigenvalue weighted by Gasteiger charge is -2.07. The Labute approximate surface area is 123 Å². The minimum absolute atomic E-state index is 0.604. The van der Waals surface area contributed by atoms with E-state index in [9.17, 15) is 0 Å². The molecular weight excluding hydrogens is 278 g/mol. The minimum atomic E-state index is 0.604. The second-order valence-corrected chi connectivity index (χ2v) is 5.98. The van der Waals surface area contributed by atoms with E-state index in [-0.39, 0.29) is 0 Å². The number of imidazole rings is 1. The van der Waals surface area contributed by atoms with E-state index in [1.165, 1.54) is 12.2 Å². The number of hydrogen-bond donors (Lipinski definition) is 0.